The molecule has 2 bridgehead atoms. The molecular formula is C17H17IO5. The molecule has 5 rings (SSSR count). The van der Waals surface area contributed by atoms with Gasteiger partial charge in [0.15, 0.2) is 46.4 Å². The van der Waals surface area contributed by atoms with Crippen LogP contribution in [0.15, 0.2) is 12.1 Å². The molecule has 3 aliphatic carbocycles. The van der Waals surface area contributed by atoms with Crippen molar-refractivity contribution < 1.29 is 22.8 Å². The quantitative estimate of drug-likeness (QED) is 0.668. The number of benzene rings is 1. The Balaban J connectivity index is 1.88. The minimum absolute atomic E-state index is 0.0322. The summed E-state index contributed by atoms with van der Waals surface area (Å²) in [6, 6.07) is 3.89. The average Bonchev–Trinajstić information content (AvgIpc) is 2.86. The molecule has 122 valence electrons. The van der Waals surface area contributed by atoms with Gasteiger partial charge in [-0.15, -0.1) is 0 Å². The fraction of sp³-hybridized carbons (Fsp3) is 0.588. The van der Waals surface area contributed by atoms with E-state index in [-0.39, 0.29) is 18.1 Å². The van der Waals surface area contributed by atoms with Crippen LogP contribution in [0.1, 0.15) is 36.8 Å². The molecule has 1 aromatic rings. The highest BCUT2D eigenvalue weighted by atomic mass is 127. The second-order valence-corrected chi connectivity index (χ2v) is 7.72. The van der Waals surface area contributed by atoms with Gasteiger partial charge in [-0.25, -0.2) is 0 Å². The van der Waals surface area contributed by atoms with Gasteiger partial charge in [-0.1, -0.05) is 12.5 Å². The maximum absolute atomic E-state index is 12.6. The van der Waals surface area contributed by atoms with Gasteiger partial charge in [0.1, 0.15) is 5.60 Å². The Labute approximate surface area is 147 Å². The molecule has 5 nitrogen and oxygen atoms in total. The Morgan fingerprint density at radius 3 is 2.96 bits per heavy atom. The van der Waals surface area contributed by atoms with Crippen molar-refractivity contribution in [2.75, 3.05) is 0 Å². The van der Waals surface area contributed by atoms with Crippen LogP contribution in [0, 0.1) is 5.92 Å². The lowest BCUT2D eigenvalue weighted by molar-refractivity contribution is -0.219. The normalized spacial score (nSPS) is 42.9. The fourth-order valence-corrected chi connectivity index (χ4v) is 6.10. The Bertz CT molecular complexity index is 734. The molecule has 1 heterocycles. The van der Waals surface area contributed by atoms with Crippen molar-refractivity contribution in [2.24, 2.45) is 5.92 Å². The van der Waals surface area contributed by atoms with Crippen LogP contribution >= 0.6 is 23.0 Å². The third-order valence-corrected chi connectivity index (χ3v) is 7.02. The van der Waals surface area contributed by atoms with Gasteiger partial charge in [-0.3, -0.25) is 4.79 Å². The number of carbonyl (C=O) groups excluding carboxylic acids is 1. The number of rotatable bonds is 1. The van der Waals surface area contributed by atoms with Crippen LogP contribution < -0.4 is 7.80 Å². The van der Waals surface area contributed by atoms with Gasteiger partial charge in [0.2, 0.25) is 0 Å². The van der Waals surface area contributed by atoms with Crippen molar-refractivity contribution in [1.29, 1.82) is 0 Å². The minimum atomic E-state index is -1.29. The van der Waals surface area contributed by atoms with E-state index >= 15 is 0 Å². The first-order valence-electron chi connectivity index (χ1n) is 8.08. The molecule has 1 unspecified atom stereocenters. The molecule has 0 radical (unpaired) electrons. The van der Waals surface area contributed by atoms with E-state index in [1.165, 1.54) is 0 Å². The number of carbonyl (C=O) groups is 1. The van der Waals surface area contributed by atoms with Crippen LogP contribution in [0.4, 0.5) is 0 Å². The molecule has 2 N–H and O–H groups in total. The molecule has 4 aliphatic rings. The third-order valence-electron chi connectivity index (χ3n) is 6.54. The highest BCUT2D eigenvalue weighted by molar-refractivity contribution is 14.1. The summed E-state index contributed by atoms with van der Waals surface area (Å²) in [7, 11) is 0. The van der Waals surface area contributed by atoms with Crippen molar-refractivity contribution >= 4 is 28.8 Å². The summed E-state index contributed by atoms with van der Waals surface area (Å²) in [5, 5.41) is 22.3. The van der Waals surface area contributed by atoms with Crippen LogP contribution in [-0.2, 0) is 16.6 Å². The predicted octanol–water partition coefficient (Wildman–Crippen LogP) is 1.84. The second-order valence-electron chi connectivity index (χ2n) is 7.28. The number of halogens is 1. The molecule has 5 atom stereocenters. The summed E-state index contributed by atoms with van der Waals surface area (Å²) in [4.78, 5) is 12.6. The van der Waals surface area contributed by atoms with Gasteiger partial charge in [-0.2, -0.15) is 0 Å². The minimum Gasteiger partial charge on any atom is -0.477 e. The summed E-state index contributed by atoms with van der Waals surface area (Å²) >= 11 is 1.81. The Morgan fingerprint density at radius 1 is 1.35 bits per heavy atom. The van der Waals surface area contributed by atoms with E-state index in [1.54, 1.807) is 23.0 Å². The van der Waals surface area contributed by atoms with Crippen LogP contribution in [0.2, 0.25) is 0 Å². The summed E-state index contributed by atoms with van der Waals surface area (Å²) < 4.78 is 11.5. The van der Waals surface area contributed by atoms with Crippen molar-refractivity contribution in [1.82, 2.24) is 0 Å². The number of ketones is 1. The van der Waals surface area contributed by atoms with Crippen LogP contribution in [-0.4, -0.2) is 33.8 Å². The molecule has 2 saturated carbocycles. The molecule has 1 aliphatic heterocycles. The lowest BCUT2D eigenvalue weighted by atomic mass is 9.45. The SMILES string of the molecule is O=C1C[C@@H](O)C2(O)[C@@H]3CCC[C@@]24c2c(ccc(OI)c2O[C@@H]14)C3. The maximum Gasteiger partial charge on any atom is 0.192 e. The summed E-state index contributed by atoms with van der Waals surface area (Å²) in [5.41, 5.74) is -0.0803. The number of hydrogen-bond acceptors (Lipinski definition) is 5. The molecule has 6 heteroatoms. The summed E-state index contributed by atoms with van der Waals surface area (Å²) in [6.45, 7) is 0. The van der Waals surface area contributed by atoms with Crippen LogP contribution in [0.5, 0.6) is 11.5 Å². The van der Waals surface area contributed by atoms with E-state index in [2.05, 4.69) is 0 Å². The lowest BCUT2D eigenvalue weighted by Crippen LogP contribution is -2.75. The number of hydrogen-bond donors (Lipinski definition) is 2. The van der Waals surface area contributed by atoms with E-state index in [0.29, 0.717) is 24.3 Å². The molecule has 1 spiro atoms. The standard InChI is InChI=1S/C17H17IO5/c18-23-11-4-3-8-6-9-2-1-5-16-13(8)14(11)22-15(16)10(19)7-12(20)17(9,16)21/h3-4,9,12,15,20-21H,1-2,5-7H2/t9-,12-,15+,16+,17?/m1/s1. The lowest BCUT2D eigenvalue weighted by Gasteiger charge is -2.61. The third kappa shape index (κ3) is 1.41. The molecule has 1 aromatic carbocycles. The zero-order chi connectivity index (χ0) is 16.0. The van der Waals surface area contributed by atoms with Crippen molar-refractivity contribution in [3.05, 3.63) is 23.3 Å². The highest BCUT2D eigenvalue weighted by Crippen LogP contribution is 2.66. The van der Waals surface area contributed by atoms with Gasteiger partial charge in [0, 0.05) is 12.0 Å². The molecule has 0 saturated heterocycles. The van der Waals surface area contributed by atoms with Gasteiger partial charge in [-0.05, 0) is 36.8 Å². The molecule has 23 heavy (non-hydrogen) atoms. The topological polar surface area (TPSA) is 76.0 Å². The van der Waals surface area contributed by atoms with Gasteiger partial charge in [0.05, 0.1) is 11.5 Å². The maximum atomic E-state index is 12.6. The van der Waals surface area contributed by atoms with E-state index < -0.39 is 23.2 Å². The number of Topliss-reactive ketones (excluding diaryl/α,β-unsaturated/α-hetero) is 1. The largest absolute Gasteiger partial charge is 0.477 e. The van der Waals surface area contributed by atoms with Gasteiger partial charge >= 0.3 is 0 Å². The van der Waals surface area contributed by atoms with E-state index in [0.717, 1.165) is 24.0 Å². The van der Waals surface area contributed by atoms with Crippen molar-refractivity contribution in [2.45, 2.75) is 55.3 Å². The Hall–Kier alpha value is -0.860. The first-order valence-corrected chi connectivity index (χ1v) is 8.97. The average molecular weight is 428 g/mol. The van der Waals surface area contributed by atoms with E-state index in [1.807, 2.05) is 12.1 Å². The monoisotopic (exact) mass is 428 g/mol. The van der Waals surface area contributed by atoms with Crippen molar-refractivity contribution in [3.8, 4) is 11.5 Å². The van der Waals surface area contributed by atoms with Crippen molar-refractivity contribution in [3.63, 3.8) is 0 Å². The van der Waals surface area contributed by atoms with Crippen LogP contribution in [0.25, 0.3) is 0 Å². The number of ether oxygens (including phenoxy) is 1. The molecular weight excluding hydrogens is 411 g/mol. The molecule has 0 aromatic heterocycles. The smallest absolute Gasteiger partial charge is 0.192 e. The highest BCUT2D eigenvalue weighted by Gasteiger charge is 2.74. The summed E-state index contributed by atoms with van der Waals surface area (Å²) in [5.74, 6) is 1.02. The zero-order valence-electron chi connectivity index (χ0n) is 12.4. The fourth-order valence-electron chi connectivity index (χ4n) is 5.76. The number of aliphatic hydroxyl groups is 2. The Morgan fingerprint density at radius 2 is 2.17 bits per heavy atom. The number of aliphatic hydroxyl groups excluding tert-OH is 1. The molecule has 0 amide bonds. The first-order chi connectivity index (χ1) is 11.0. The summed E-state index contributed by atoms with van der Waals surface area (Å²) in [6.07, 6.45) is 1.41. The van der Waals surface area contributed by atoms with Gasteiger partial charge in [0.25, 0.3) is 0 Å². The predicted molar refractivity (Wildman–Crippen MR) is 88.8 cm³/mol. The van der Waals surface area contributed by atoms with Crippen LogP contribution in [0.3, 0.4) is 0 Å². The van der Waals surface area contributed by atoms with E-state index in [4.69, 9.17) is 7.80 Å². The Kier molecular flexibility index (Phi) is 2.77. The zero-order valence-corrected chi connectivity index (χ0v) is 14.6. The first kappa shape index (κ1) is 14.5. The molecule has 2 fully saturated rings. The second kappa shape index (κ2) is 4.40. The van der Waals surface area contributed by atoms with E-state index in [9.17, 15) is 15.0 Å². The van der Waals surface area contributed by atoms with Gasteiger partial charge < -0.3 is 18.0 Å².